The van der Waals surface area contributed by atoms with Gasteiger partial charge in [-0.1, -0.05) is 71.2 Å². The van der Waals surface area contributed by atoms with Crippen molar-refractivity contribution in [3.63, 3.8) is 0 Å². The van der Waals surface area contributed by atoms with Crippen molar-refractivity contribution in [1.82, 2.24) is 19.4 Å². The van der Waals surface area contributed by atoms with E-state index in [0.29, 0.717) is 27.6 Å². The second-order valence-corrected chi connectivity index (χ2v) is 9.26. The first-order chi connectivity index (χ1) is 16.9. The van der Waals surface area contributed by atoms with Gasteiger partial charge in [-0.25, -0.2) is 4.98 Å². The number of hydrogen-bond acceptors (Lipinski definition) is 3. The van der Waals surface area contributed by atoms with Crippen molar-refractivity contribution in [2.75, 3.05) is 0 Å². The van der Waals surface area contributed by atoms with Gasteiger partial charge in [-0.15, -0.1) is 0 Å². The van der Waals surface area contributed by atoms with Gasteiger partial charge in [0.05, 0.1) is 18.4 Å². The second kappa shape index (κ2) is 9.56. The molecule has 0 fully saturated rings. The summed E-state index contributed by atoms with van der Waals surface area (Å²) in [5.74, 6) is -0.231. The number of carbonyl (C=O) groups excluding carboxylic acids is 1. The van der Waals surface area contributed by atoms with Crippen LogP contribution in [0.5, 0.6) is 0 Å². The van der Waals surface area contributed by atoms with Gasteiger partial charge in [0.25, 0.3) is 5.56 Å². The number of nitrogens with one attached hydrogen (secondary N) is 1. The summed E-state index contributed by atoms with van der Waals surface area (Å²) in [4.78, 5) is 31.2. The summed E-state index contributed by atoms with van der Waals surface area (Å²) < 4.78 is 3.26. The molecule has 176 valence electrons. The minimum absolute atomic E-state index is 0.0272. The van der Waals surface area contributed by atoms with Crippen molar-refractivity contribution in [3.8, 4) is 0 Å². The van der Waals surface area contributed by atoms with Gasteiger partial charge in [0, 0.05) is 22.0 Å². The number of amides is 1. The SMILES string of the molecule is Cc1ccc2c(c1)c1ncn(Cc3ccccc3Cl)c(=O)c1n2CC(=O)NCc1ccccc1Cl. The lowest BCUT2D eigenvalue weighted by Crippen LogP contribution is -2.29. The molecule has 0 saturated carbocycles. The van der Waals surface area contributed by atoms with Crippen LogP contribution in [0.3, 0.4) is 0 Å². The van der Waals surface area contributed by atoms with E-state index in [0.717, 1.165) is 27.6 Å². The highest BCUT2D eigenvalue weighted by atomic mass is 35.5. The predicted octanol–water partition coefficient (Wildman–Crippen LogP) is 5.33. The summed E-state index contributed by atoms with van der Waals surface area (Å²) >= 11 is 12.5. The third-order valence-corrected chi connectivity index (χ3v) is 6.75. The molecule has 0 aliphatic rings. The topological polar surface area (TPSA) is 68.9 Å². The number of carbonyl (C=O) groups is 1. The smallest absolute Gasteiger partial charge is 0.278 e. The summed E-state index contributed by atoms with van der Waals surface area (Å²) in [6.07, 6.45) is 1.54. The third-order valence-electron chi connectivity index (χ3n) is 6.02. The fourth-order valence-corrected chi connectivity index (χ4v) is 4.63. The molecular formula is C27H22Cl2N4O2. The summed E-state index contributed by atoms with van der Waals surface area (Å²) in [6.45, 7) is 2.53. The molecule has 2 heterocycles. The lowest BCUT2D eigenvalue weighted by Gasteiger charge is -2.11. The summed E-state index contributed by atoms with van der Waals surface area (Å²) in [6, 6.07) is 20.6. The molecule has 0 bridgehead atoms. The Bertz CT molecular complexity index is 1640. The van der Waals surface area contributed by atoms with Crippen LogP contribution in [0.2, 0.25) is 10.0 Å². The van der Waals surface area contributed by atoms with Gasteiger partial charge in [-0.3, -0.25) is 14.2 Å². The number of halogens is 2. The lowest BCUT2D eigenvalue weighted by atomic mass is 10.1. The molecule has 1 N–H and O–H groups in total. The highest BCUT2D eigenvalue weighted by molar-refractivity contribution is 6.31. The molecule has 35 heavy (non-hydrogen) atoms. The molecule has 0 radical (unpaired) electrons. The van der Waals surface area contributed by atoms with E-state index in [1.807, 2.05) is 61.5 Å². The maximum Gasteiger partial charge on any atom is 0.278 e. The van der Waals surface area contributed by atoms with Crippen LogP contribution in [0.4, 0.5) is 0 Å². The number of hydrogen-bond donors (Lipinski definition) is 1. The Morgan fingerprint density at radius 2 is 1.66 bits per heavy atom. The number of nitrogens with zero attached hydrogens (tertiary/aromatic N) is 3. The zero-order chi connectivity index (χ0) is 24.5. The van der Waals surface area contributed by atoms with Crippen LogP contribution < -0.4 is 10.9 Å². The molecule has 0 unspecified atom stereocenters. The fraction of sp³-hybridized carbons (Fsp3) is 0.148. The molecular weight excluding hydrogens is 483 g/mol. The summed E-state index contributed by atoms with van der Waals surface area (Å²) in [5.41, 5.74) is 4.18. The van der Waals surface area contributed by atoms with Gasteiger partial charge in [0.1, 0.15) is 17.6 Å². The van der Waals surface area contributed by atoms with Crippen molar-refractivity contribution in [2.45, 2.75) is 26.6 Å². The Labute approximate surface area is 211 Å². The minimum atomic E-state index is -0.234. The zero-order valence-electron chi connectivity index (χ0n) is 19.0. The molecule has 6 nitrogen and oxygen atoms in total. The maximum absolute atomic E-state index is 13.6. The van der Waals surface area contributed by atoms with Gasteiger partial charge in [0.15, 0.2) is 0 Å². The van der Waals surface area contributed by atoms with E-state index in [1.165, 1.54) is 10.9 Å². The monoisotopic (exact) mass is 504 g/mol. The van der Waals surface area contributed by atoms with Gasteiger partial charge < -0.3 is 9.88 Å². The minimum Gasteiger partial charge on any atom is -0.350 e. The zero-order valence-corrected chi connectivity index (χ0v) is 20.5. The normalized spacial score (nSPS) is 11.3. The summed E-state index contributed by atoms with van der Waals surface area (Å²) in [7, 11) is 0. The van der Waals surface area contributed by atoms with Crippen LogP contribution >= 0.6 is 23.2 Å². The predicted molar refractivity (Wildman–Crippen MR) is 140 cm³/mol. The third kappa shape index (κ3) is 4.55. The van der Waals surface area contributed by atoms with E-state index < -0.39 is 0 Å². The standard InChI is InChI=1S/C27H22Cl2N4O2/c1-17-10-11-23-20(12-17)25-26(27(35)32(16-31-25)14-19-7-3-5-9-22(19)29)33(23)15-24(34)30-13-18-6-2-4-8-21(18)28/h2-12,16H,13-15H2,1H3,(H,30,34). The van der Waals surface area contributed by atoms with E-state index in [4.69, 9.17) is 23.2 Å². The molecule has 0 aliphatic carbocycles. The Morgan fingerprint density at radius 1 is 0.971 bits per heavy atom. The summed E-state index contributed by atoms with van der Waals surface area (Å²) in [5, 5.41) is 4.91. The van der Waals surface area contributed by atoms with Gasteiger partial charge in [0.2, 0.25) is 5.91 Å². The first kappa shape index (κ1) is 23.1. The molecule has 3 aromatic carbocycles. The average molecular weight is 505 g/mol. The van der Waals surface area contributed by atoms with Crippen LogP contribution in [0.25, 0.3) is 21.9 Å². The number of aryl methyl sites for hydroxylation is 1. The fourth-order valence-electron chi connectivity index (χ4n) is 4.24. The van der Waals surface area contributed by atoms with Gasteiger partial charge in [-0.05, 0) is 42.3 Å². The molecule has 0 atom stereocenters. The Hall–Kier alpha value is -3.61. The first-order valence-electron chi connectivity index (χ1n) is 11.1. The van der Waals surface area contributed by atoms with Gasteiger partial charge >= 0.3 is 0 Å². The van der Waals surface area contributed by atoms with Crippen LogP contribution in [-0.2, 0) is 24.4 Å². The molecule has 5 rings (SSSR count). The number of aromatic nitrogens is 3. The lowest BCUT2D eigenvalue weighted by molar-refractivity contribution is -0.121. The Morgan fingerprint density at radius 3 is 2.37 bits per heavy atom. The van der Waals surface area contributed by atoms with E-state index in [1.54, 1.807) is 16.7 Å². The van der Waals surface area contributed by atoms with Crippen LogP contribution in [0, 0.1) is 6.92 Å². The van der Waals surface area contributed by atoms with E-state index in [-0.39, 0.29) is 24.6 Å². The van der Waals surface area contributed by atoms with Crippen molar-refractivity contribution < 1.29 is 4.79 Å². The largest absolute Gasteiger partial charge is 0.350 e. The quantitative estimate of drug-likeness (QED) is 0.339. The van der Waals surface area contributed by atoms with Crippen molar-refractivity contribution >= 4 is 51.0 Å². The van der Waals surface area contributed by atoms with E-state index in [2.05, 4.69) is 10.3 Å². The molecule has 0 aliphatic heterocycles. The molecule has 1 amide bonds. The highest BCUT2D eigenvalue weighted by Crippen LogP contribution is 2.27. The maximum atomic E-state index is 13.6. The molecule has 2 aromatic heterocycles. The van der Waals surface area contributed by atoms with Gasteiger partial charge in [-0.2, -0.15) is 0 Å². The second-order valence-electron chi connectivity index (χ2n) is 8.44. The molecule has 0 saturated heterocycles. The number of rotatable bonds is 6. The van der Waals surface area contributed by atoms with Crippen LogP contribution in [0.1, 0.15) is 16.7 Å². The number of benzene rings is 3. The van der Waals surface area contributed by atoms with Crippen molar-refractivity contribution in [3.05, 3.63) is 110 Å². The molecule has 8 heteroatoms. The van der Waals surface area contributed by atoms with E-state index >= 15 is 0 Å². The molecule has 0 spiro atoms. The number of fused-ring (bicyclic) bond motifs is 3. The van der Waals surface area contributed by atoms with Crippen molar-refractivity contribution in [2.24, 2.45) is 0 Å². The Kier molecular flexibility index (Phi) is 6.32. The first-order valence-corrected chi connectivity index (χ1v) is 11.9. The Balaban J connectivity index is 1.55. The van der Waals surface area contributed by atoms with Crippen LogP contribution in [-0.4, -0.2) is 20.0 Å². The molecule has 5 aromatic rings. The van der Waals surface area contributed by atoms with Crippen LogP contribution in [0.15, 0.2) is 77.9 Å². The van der Waals surface area contributed by atoms with E-state index in [9.17, 15) is 9.59 Å². The van der Waals surface area contributed by atoms with Crippen molar-refractivity contribution in [1.29, 1.82) is 0 Å². The average Bonchev–Trinajstić information content (AvgIpc) is 3.14. The highest BCUT2D eigenvalue weighted by Gasteiger charge is 2.19.